The standard InChI is InChI=1S/C16H17ClN2O2S/c1-8-13(10(3)20)9(2)19-14(8)15(21)11(4)22-16-12(17)6-5-7-18-16/h5-7,11,19H,1-4H3. The lowest BCUT2D eigenvalue weighted by atomic mass is 10.0. The average molecular weight is 337 g/mol. The SMILES string of the molecule is CC(=O)c1c(C)[nH]c(C(=O)C(C)Sc2ncccc2Cl)c1C. The maximum atomic E-state index is 12.6. The molecule has 2 rings (SSSR count). The molecule has 0 bridgehead atoms. The Morgan fingerprint density at radius 3 is 2.59 bits per heavy atom. The van der Waals surface area contributed by atoms with Crippen LogP contribution in [0.1, 0.15) is 46.0 Å². The van der Waals surface area contributed by atoms with Gasteiger partial charge in [-0.25, -0.2) is 4.98 Å². The van der Waals surface area contributed by atoms with Gasteiger partial charge in [-0.05, 0) is 45.4 Å². The minimum absolute atomic E-state index is 0.0432. The van der Waals surface area contributed by atoms with Crippen molar-refractivity contribution in [1.82, 2.24) is 9.97 Å². The molecule has 1 atom stereocenters. The molecule has 22 heavy (non-hydrogen) atoms. The van der Waals surface area contributed by atoms with Crippen LogP contribution in [0.4, 0.5) is 0 Å². The Labute approximate surface area is 138 Å². The van der Waals surface area contributed by atoms with E-state index in [0.717, 1.165) is 5.69 Å². The number of aromatic amines is 1. The first-order valence-corrected chi connectivity index (χ1v) is 8.10. The smallest absolute Gasteiger partial charge is 0.192 e. The molecule has 2 aromatic rings. The summed E-state index contributed by atoms with van der Waals surface area (Å²) >= 11 is 7.38. The molecule has 0 fully saturated rings. The van der Waals surface area contributed by atoms with Crippen LogP contribution in [0.15, 0.2) is 23.4 Å². The van der Waals surface area contributed by atoms with Crippen molar-refractivity contribution in [3.05, 3.63) is 45.9 Å². The molecule has 1 N–H and O–H groups in total. The Kier molecular flexibility index (Phi) is 5.08. The van der Waals surface area contributed by atoms with E-state index in [1.165, 1.54) is 18.7 Å². The van der Waals surface area contributed by atoms with Gasteiger partial charge in [-0.15, -0.1) is 0 Å². The zero-order chi connectivity index (χ0) is 16.4. The third-order valence-corrected chi connectivity index (χ3v) is 4.95. The van der Waals surface area contributed by atoms with Gasteiger partial charge in [0.15, 0.2) is 11.6 Å². The molecular formula is C16H17ClN2O2S. The summed E-state index contributed by atoms with van der Waals surface area (Å²) in [6.07, 6.45) is 1.64. The molecule has 0 amide bonds. The quantitative estimate of drug-likeness (QED) is 0.655. The maximum absolute atomic E-state index is 12.6. The van der Waals surface area contributed by atoms with Crippen LogP contribution in [0.2, 0.25) is 5.02 Å². The summed E-state index contributed by atoms with van der Waals surface area (Å²) in [7, 11) is 0. The van der Waals surface area contributed by atoms with Crippen LogP contribution in [0, 0.1) is 13.8 Å². The highest BCUT2D eigenvalue weighted by atomic mass is 35.5. The van der Waals surface area contributed by atoms with Crippen LogP contribution in [0.25, 0.3) is 0 Å². The lowest BCUT2D eigenvalue weighted by Crippen LogP contribution is -2.15. The first kappa shape index (κ1) is 16.8. The predicted molar refractivity (Wildman–Crippen MR) is 89.2 cm³/mol. The fourth-order valence-corrected chi connectivity index (χ4v) is 3.52. The van der Waals surface area contributed by atoms with Crippen molar-refractivity contribution in [2.45, 2.75) is 38.0 Å². The number of nitrogens with zero attached hydrogens (tertiary/aromatic N) is 1. The Bertz CT molecular complexity index is 740. The second-order valence-electron chi connectivity index (χ2n) is 5.10. The Balaban J connectivity index is 2.27. The Morgan fingerprint density at radius 2 is 2.05 bits per heavy atom. The number of ketones is 2. The van der Waals surface area contributed by atoms with E-state index in [4.69, 9.17) is 11.6 Å². The molecule has 0 aliphatic rings. The van der Waals surface area contributed by atoms with Gasteiger partial charge in [-0.3, -0.25) is 9.59 Å². The number of Topliss-reactive ketones (excluding diaryl/α,β-unsaturated/α-hetero) is 2. The lowest BCUT2D eigenvalue weighted by molar-refractivity contribution is 0.0988. The van der Waals surface area contributed by atoms with Crippen molar-refractivity contribution in [3.8, 4) is 0 Å². The first-order chi connectivity index (χ1) is 10.3. The highest BCUT2D eigenvalue weighted by Gasteiger charge is 2.24. The van der Waals surface area contributed by atoms with E-state index in [2.05, 4.69) is 9.97 Å². The van der Waals surface area contributed by atoms with Crippen LogP contribution < -0.4 is 0 Å². The number of H-pyrrole nitrogens is 1. The number of carbonyl (C=O) groups excluding carboxylic acids is 2. The topological polar surface area (TPSA) is 62.8 Å². The van der Waals surface area contributed by atoms with Gasteiger partial charge in [0.25, 0.3) is 0 Å². The molecule has 0 saturated carbocycles. The summed E-state index contributed by atoms with van der Waals surface area (Å²) in [6, 6.07) is 3.49. The number of hydrogen-bond acceptors (Lipinski definition) is 4. The van der Waals surface area contributed by atoms with Gasteiger partial charge in [0.2, 0.25) is 0 Å². The van der Waals surface area contributed by atoms with E-state index in [0.29, 0.717) is 26.9 Å². The van der Waals surface area contributed by atoms with Gasteiger partial charge < -0.3 is 4.98 Å². The lowest BCUT2D eigenvalue weighted by Gasteiger charge is -2.10. The summed E-state index contributed by atoms with van der Waals surface area (Å²) in [5, 5.41) is 0.790. The third kappa shape index (κ3) is 3.25. The number of hydrogen-bond donors (Lipinski definition) is 1. The molecule has 1 unspecified atom stereocenters. The molecule has 0 aliphatic heterocycles. The number of aromatic nitrogens is 2. The molecule has 116 valence electrons. The number of halogens is 1. The molecule has 4 nitrogen and oxygen atoms in total. The normalized spacial score (nSPS) is 12.2. The first-order valence-electron chi connectivity index (χ1n) is 6.84. The summed E-state index contributed by atoms with van der Waals surface area (Å²) < 4.78 is 0. The van der Waals surface area contributed by atoms with Crippen LogP contribution in [0.5, 0.6) is 0 Å². The third-order valence-electron chi connectivity index (χ3n) is 3.42. The second kappa shape index (κ2) is 6.67. The molecule has 0 aromatic carbocycles. The van der Waals surface area contributed by atoms with Crippen molar-refractivity contribution in [3.63, 3.8) is 0 Å². The predicted octanol–water partition coefficient (Wildman–Crippen LogP) is 4.25. The molecule has 0 spiro atoms. The number of rotatable bonds is 5. The van der Waals surface area contributed by atoms with E-state index >= 15 is 0 Å². The fourth-order valence-electron chi connectivity index (χ4n) is 2.41. The maximum Gasteiger partial charge on any atom is 0.192 e. The molecule has 6 heteroatoms. The summed E-state index contributed by atoms with van der Waals surface area (Å²) in [4.78, 5) is 31.5. The zero-order valence-electron chi connectivity index (χ0n) is 12.9. The van der Waals surface area contributed by atoms with Gasteiger partial charge in [-0.2, -0.15) is 0 Å². The number of nitrogens with one attached hydrogen (secondary N) is 1. The summed E-state index contributed by atoms with van der Waals surface area (Å²) in [5.74, 6) is -0.113. The van der Waals surface area contributed by atoms with Gasteiger partial charge in [0.05, 0.1) is 16.0 Å². The molecule has 0 radical (unpaired) electrons. The van der Waals surface area contributed by atoms with E-state index in [1.54, 1.807) is 39.1 Å². The average Bonchev–Trinajstić information content (AvgIpc) is 2.75. The van der Waals surface area contributed by atoms with E-state index in [1.807, 2.05) is 0 Å². The van der Waals surface area contributed by atoms with E-state index < -0.39 is 0 Å². The molecule has 2 heterocycles. The van der Waals surface area contributed by atoms with Gasteiger partial charge in [0.1, 0.15) is 5.03 Å². The minimum Gasteiger partial charge on any atom is -0.355 e. The number of thioether (sulfide) groups is 1. The van der Waals surface area contributed by atoms with Crippen LogP contribution >= 0.6 is 23.4 Å². The van der Waals surface area contributed by atoms with Crippen LogP contribution in [0.3, 0.4) is 0 Å². The van der Waals surface area contributed by atoms with E-state index in [9.17, 15) is 9.59 Å². The van der Waals surface area contributed by atoms with Crippen molar-refractivity contribution < 1.29 is 9.59 Å². The molecule has 0 aliphatic carbocycles. The number of pyridine rings is 1. The number of aryl methyl sites for hydroxylation is 1. The molecule has 2 aromatic heterocycles. The Morgan fingerprint density at radius 1 is 1.36 bits per heavy atom. The van der Waals surface area contributed by atoms with Crippen LogP contribution in [-0.2, 0) is 0 Å². The fraction of sp³-hybridized carbons (Fsp3) is 0.312. The Hall–Kier alpha value is -1.59. The van der Waals surface area contributed by atoms with Crippen molar-refractivity contribution >= 4 is 34.9 Å². The summed E-state index contributed by atoms with van der Waals surface area (Å²) in [6.45, 7) is 6.90. The van der Waals surface area contributed by atoms with Crippen molar-refractivity contribution in [1.29, 1.82) is 0 Å². The van der Waals surface area contributed by atoms with Crippen molar-refractivity contribution in [2.75, 3.05) is 0 Å². The van der Waals surface area contributed by atoms with E-state index in [-0.39, 0.29) is 16.8 Å². The second-order valence-corrected chi connectivity index (χ2v) is 6.83. The monoisotopic (exact) mass is 336 g/mol. The van der Waals surface area contributed by atoms with Crippen LogP contribution in [-0.4, -0.2) is 26.8 Å². The minimum atomic E-state index is -0.357. The van der Waals surface area contributed by atoms with Gasteiger partial charge >= 0.3 is 0 Å². The molecule has 0 saturated heterocycles. The number of carbonyl (C=O) groups is 2. The van der Waals surface area contributed by atoms with Gasteiger partial charge in [-0.1, -0.05) is 23.4 Å². The largest absolute Gasteiger partial charge is 0.355 e. The highest BCUT2D eigenvalue weighted by Crippen LogP contribution is 2.30. The zero-order valence-corrected chi connectivity index (χ0v) is 14.4. The van der Waals surface area contributed by atoms with Crippen molar-refractivity contribution in [2.24, 2.45) is 0 Å². The summed E-state index contributed by atoms with van der Waals surface area (Å²) in [5.41, 5.74) is 2.50. The molecular weight excluding hydrogens is 320 g/mol. The van der Waals surface area contributed by atoms with Gasteiger partial charge in [0, 0.05) is 17.5 Å². The highest BCUT2D eigenvalue weighted by molar-refractivity contribution is 8.00.